The number of phenols is 2. The van der Waals surface area contributed by atoms with Gasteiger partial charge in [-0.3, -0.25) is 0 Å². The number of aliphatic hydroxyl groups is 7. The summed E-state index contributed by atoms with van der Waals surface area (Å²) in [6.45, 7) is -1.37. The Balaban J connectivity index is 1.61. The average molecular weight is 508 g/mol. The molecule has 0 spiro atoms. The van der Waals surface area contributed by atoms with E-state index in [9.17, 15) is 46.0 Å². The highest BCUT2D eigenvalue weighted by molar-refractivity contribution is 5.41. The van der Waals surface area contributed by atoms with E-state index in [1.165, 1.54) is 25.3 Å². The minimum Gasteiger partial charge on any atom is -0.504 e. The predicted octanol–water partition coefficient (Wildman–Crippen LogP) is -3.57. The molecule has 2 heterocycles. The minimum atomic E-state index is -1.70. The van der Waals surface area contributed by atoms with Crippen molar-refractivity contribution in [2.45, 2.75) is 67.5 Å². The third-order valence-electron chi connectivity index (χ3n) is 6.01. The average Bonchev–Trinajstić information content (AvgIpc) is 2.85. The first-order chi connectivity index (χ1) is 16.6. The minimum absolute atomic E-state index is 0.217. The molecule has 11 unspecified atom stereocenters. The van der Waals surface area contributed by atoms with Gasteiger partial charge in [0.15, 0.2) is 24.1 Å². The summed E-state index contributed by atoms with van der Waals surface area (Å²) in [4.78, 5) is 0. The molecule has 0 aliphatic carbocycles. The fraction of sp³-hybridized carbons (Fsp3) is 0.714. The summed E-state index contributed by atoms with van der Waals surface area (Å²) in [5.41, 5.74) is 0.441. The predicted molar refractivity (Wildman–Crippen MR) is 112 cm³/mol. The van der Waals surface area contributed by atoms with Gasteiger partial charge in [-0.2, -0.15) is 0 Å². The van der Waals surface area contributed by atoms with Gasteiger partial charge in [0, 0.05) is 7.11 Å². The van der Waals surface area contributed by atoms with E-state index in [4.69, 9.17) is 23.7 Å². The number of hydrogen-bond acceptors (Lipinski definition) is 14. The van der Waals surface area contributed by atoms with Crippen LogP contribution in [0, 0.1) is 0 Å². The summed E-state index contributed by atoms with van der Waals surface area (Å²) in [5.74, 6) is -0.697. The van der Waals surface area contributed by atoms with Crippen LogP contribution in [-0.4, -0.2) is 134 Å². The van der Waals surface area contributed by atoms with E-state index in [2.05, 4.69) is 0 Å². The third-order valence-corrected chi connectivity index (χ3v) is 6.01. The summed E-state index contributed by atoms with van der Waals surface area (Å²) in [5, 5.41) is 89.0. The van der Waals surface area contributed by atoms with Gasteiger partial charge < -0.3 is 69.6 Å². The first kappa shape index (κ1) is 27.9. The van der Waals surface area contributed by atoms with Crippen LogP contribution < -0.4 is 0 Å². The Morgan fingerprint density at radius 1 is 0.771 bits per heavy atom. The second-order valence-corrected chi connectivity index (χ2v) is 8.35. The molecule has 0 aromatic heterocycles. The van der Waals surface area contributed by atoms with Gasteiger partial charge in [0.05, 0.1) is 19.8 Å². The normalized spacial score (nSPS) is 38.9. The molecule has 2 saturated heterocycles. The highest BCUT2D eigenvalue weighted by Gasteiger charge is 2.47. The molecule has 2 fully saturated rings. The molecule has 200 valence electrons. The first-order valence-electron chi connectivity index (χ1n) is 10.9. The summed E-state index contributed by atoms with van der Waals surface area (Å²) in [6.07, 6.45) is -16.1. The van der Waals surface area contributed by atoms with Crippen LogP contribution in [0.25, 0.3) is 0 Å². The van der Waals surface area contributed by atoms with E-state index in [0.717, 1.165) is 0 Å². The summed E-state index contributed by atoms with van der Waals surface area (Å²) < 4.78 is 27.0. The zero-order valence-corrected chi connectivity index (χ0v) is 18.8. The zero-order chi connectivity index (χ0) is 25.9. The van der Waals surface area contributed by atoms with Gasteiger partial charge in [0.25, 0.3) is 0 Å². The Morgan fingerprint density at radius 2 is 1.34 bits per heavy atom. The SMILES string of the molecule is COC(COC1OC(COC2OC(CO)C(O)C(O)C2O)C(O)C(O)C1O)c1ccc(O)c(O)c1. The Labute approximate surface area is 200 Å². The second kappa shape index (κ2) is 12.1. The van der Waals surface area contributed by atoms with Crippen LogP contribution in [0.2, 0.25) is 0 Å². The van der Waals surface area contributed by atoms with Crippen molar-refractivity contribution in [3.63, 3.8) is 0 Å². The van der Waals surface area contributed by atoms with Gasteiger partial charge in [-0.05, 0) is 17.7 Å². The molecule has 14 heteroatoms. The molecule has 0 bridgehead atoms. The van der Waals surface area contributed by atoms with Crippen molar-refractivity contribution in [1.29, 1.82) is 0 Å². The maximum Gasteiger partial charge on any atom is 0.186 e. The number of phenolic OH excluding ortho intramolecular Hbond substituents is 2. The molecule has 11 atom stereocenters. The fourth-order valence-corrected chi connectivity index (χ4v) is 3.81. The first-order valence-corrected chi connectivity index (χ1v) is 10.9. The van der Waals surface area contributed by atoms with Gasteiger partial charge >= 0.3 is 0 Å². The lowest BCUT2D eigenvalue weighted by Gasteiger charge is -2.42. The number of methoxy groups -OCH3 is 1. The molecule has 14 nitrogen and oxygen atoms in total. The monoisotopic (exact) mass is 508 g/mol. The van der Waals surface area contributed by atoms with Crippen LogP contribution in [0.4, 0.5) is 0 Å². The molecule has 35 heavy (non-hydrogen) atoms. The van der Waals surface area contributed by atoms with Gasteiger partial charge in [-0.15, -0.1) is 0 Å². The molecule has 0 radical (unpaired) electrons. The van der Waals surface area contributed by atoms with Crippen molar-refractivity contribution in [1.82, 2.24) is 0 Å². The van der Waals surface area contributed by atoms with Crippen LogP contribution in [0.1, 0.15) is 11.7 Å². The fourth-order valence-electron chi connectivity index (χ4n) is 3.81. The summed E-state index contributed by atoms with van der Waals surface area (Å²) in [6, 6.07) is 4.01. The molecule has 0 amide bonds. The summed E-state index contributed by atoms with van der Waals surface area (Å²) in [7, 11) is 1.37. The highest BCUT2D eigenvalue weighted by Crippen LogP contribution is 2.31. The zero-order valence-electron chi connectivity index (χ0n) is 18.8. The van der Waals surface area contributed by atoms with Crippen molar-refractivity contribution >= 4 is 0 Å². The maximum absolute atomic E-state index is 10.3. The van der Waals surface area contributed by atoms with Crippen molar-refractivity contribution in [2.75, 3.05) is 26.9 Å². The molecular formula is C21H32O14. The lowest BCUT2D eigenvalue weighted by Crippen LogP contribution is -2.61. The molecule has 1 aromatic rings. The van der Waals surface area contributed by atoms with Gasteiger partial charge in [-0.25, -0.2) is 0 Å². The Kier molecular flexibility index (Phi) is 9.61. The summed E-state index contributed by atoms with van der Waals surface area (Å²) >= 11 is 0. The van der Waals surface area contributed by atoms with Crippen molar-refractivity contribution in [3.05, 3.63) is 23.8 Å². The van der Waals surface area contributed by atoms with Crippen LogP contribution >= 0.6 is 0 Å². The van der Waals surface area contributed by atoms with Gasteiger partial charge in [0.2, 0.25) is 0 Å². The number of hydrogen-bond donors (Lipinski definition) is 9. The van der Waals surface area contributed by atoms with Crippen molar-refractivity contribution in [3.8, 4) is 11.5 Å². The molecule has 0 saturated carbocycles. The Morgan fingerprint density at radius 3 is 1.91 bits per heavy atom. The van der Waals surface area contributed by atoms with Crippen LogP contribution in [-0.2, 0) is 23.7 Å². The maximum atomic E-state index is 10.3. The molecule has 1 aromatic carbocycles. The van der Waals surface area contributed by atoms with Crippen molar-refractivity contribution < 1.29 is 69.6 Å². The Bertz CT molecular complexity index is 808. The van der Waals surface area contributed by atoms with E-state index in [1.807, 2.05) is 0 Å². The van der Waals surface area contributed by atoms with Gasteiger partial charge in [0.1, 0.15) is 54.9 Å². The lowest BCUT2D eigenvalue weighted by atomic mass is 9.98. The molecule has 9 N–H and O–H groups in total. The van der Waals surface area contributed by atoms with E-state index in [-0.39, 0.29) is 18.1 Å². The molecule has 2 aliphatic heterocycles. The van der Waals surface area contributed by atoms with Crippen LogP contribution in [0.3, 0.4) is 0 Å². The van der Waals surface area contributed by atoms with Crippen LogP contribution in [0.15, 0.2) is 18.2 Å². The van der Waals surface area contributed by atoms with Crippen molar-refractivity contribution in [2.24, 2.45) is 0 Å². The van der Waals surface area contributed by atoms with E-state index in [1.54, 1.807) is 0 Å². The van der Waals surface area contributed by atoms with Gasteiger partial charge in [-0.1, -0.05) is 6.07 Å². The lowest BCUT2D eigenvalue weighted by molar-refractivity contribution is -0.332. The molecular weight excluding hydrogens is 476 g/mol. The largest absolute Gasteiger partial charge is 0.504 e. The number of aliphatic hydroxyl groups excluding tert-OH is 7. The topological polar surface area (TPSA) is 228 Å². The number of aromatic hydroxyl groups is 2. The van der Waals surface area contributed by atoms with E-state index < -0.39 is 80.7 Å². The number of benzene rings is 1. The van der Waals surface area contributed by atoms with E-state index in [0.29, 0.717) is 5.56 Å². The highest BCUT2D eigenvalue weighted by atomic mass is 16.7. The van der Waals surface area contributed by atoms with E-state index >= 15 is 0 Å². The Hall–Kier alpha value is -1.66. The quantitative estimate of drug-likeness (QED) is 0.147. The third kappa shape index (κ3) is 6.19. The second-order valence-electron chi connectivity index (χ2n) is 8.35. The standard InChI is InChI=1S/C21H32O14/c1-31-12(8-2-3-9(23)10(24)4-8)6-32-21-19(30)17(28)15(26)13(35-21)7-33-20-18(29)16(27)14(25)11(5-22)34-20/h2-4,11-30H,5-7H2,1H3. The number of ether oxygens (including phenoxy) is 5. The molecule has 2 aliphatic rings. The smallest absolute Gasteiger partial charge is 0.186 e. The molecule has 3 rings (SSSR count). The van der Waals surface area contributed by atoms with Crippen LogP contribution in [0.5, 0.6) is 11.5 Å². The number of rotatable bonds is 9.